The third kappa shape index (κ3) is 6.23. The lowest BCUT2D eigenvalue weighted by Crippen LogP contribution is -2.21. The van der Waals surface area contributed by atoms with Crippen LogP contribution in [0, 0.1) is 6.92 Å². The van der Waals surface area contributed by atoms with E-state index in [2.05, 4.69) is 24.4 Å². The minimum Gasteiger partial charge on any atom is -0.490 e. The van der Waals surface area contributed by atoms with Gasteiger partial charge in [-0.3, -0.25) is 0 Å². The number of benzene rings is 3. The summed E-state index contributed by atoms with van der Waals surface area (Å²) in [5, 5.41) is 14.1. The van der Waals surface area contributed by atoms with E-state index in [0.29, 0.717) is 42.8 Å². The summed E-state index contributed by atoms with van der Waals surface area (Å²) in [6.07, 6.45) is -0.565. The predicted molar refractivity (Wildman–Crippen MR) is 121 cm³/mol. The van der Waals surface area contributed by atoms with E-state index < -0.39 is 6.10 Å². The molecule has 0 spiro atoms. The van der Waals surface area contributed by atoms with Gasteiger partial charge >= 0.3 is 0 Å². The maximum Gasteiger partial charge on any atom is 0.180 e. The fraction of sp³-hybridized carbons (Fsp3) is 0.280. The molecule has 0 saturated carbocycles. The van der Waals surface area contributed by atoms with Crippen LogP contribution in [0.15, 0.2) is 66.7 Å². The van der Waals surface area contributed by atoms with E-state index in [1.807, 2.05) is 61.5 Å². The molecule has 3 aromatic carbocycles. The van der Waals surface area contributed by atoms with Crippen LogP contribution >= 0.6 is 11.6 Å². The molecule has 0 radical (unpaired) electrons. The van der Waals surface area contributed by atoms with Crippen LogP contribution < -0.4 is 14.8 Å². The number of halogens is 1. The van der Waals surface area contributed by atoms with Crippen molar-refractivity contribution in [1.82, 2.24) is 5.32 Å². The summed E-state index contributed by atoms with van der Waals surface area (Å²) in [4.78, 5) is 0. The number of aliphatic hydroxyl groups is 1. The molecule has 3 aromatic rings. The normalized spacial score (nSPS) is 11.9. The van der Waals surface area contributed by atoms with Gasteiger partial charge in [0.2, 0.25) is 0 Å². The Morgan fingerprint density at radius 2 is 1.70 bits per heavy atom. The van der Waals surface area contributed by atoms with Crippen LogP contribution in [0.1, 0.15) is 35.3 Å². The van der Waals surface area contributed by atoms with Crippen molar-refractivity contribution < 1.29 is 14.6 Å². The standard InChI is InChI=1S/C25H28ClNO3/c1-3-29-24-14-20(15-27-16-23(28)21-7-5-4-6-8-21)13-22(26)25(24)30-17-19-11-9-18(2)10-12-19/h4-14,23,27-28H,3,15-17H2,1-2H3/t23-/m0/s1. The van der Waals surface area contributed by atoms with Crippen LogP contribution in [-0.2, 0) is 13.2 Å². The highest BCUT2D eigenvalue weighted by molar-refractivity contribution is 6.32. The number of hydrogen-bond acceptors (Lipinski definition) is 4. The minimum absolute atomic E-state index is 0.418. The van der Waals surface area contributed by atoms with Crippen LogP contribution in [0.5, 0.6) is 11.5 Å². The molecule has 0 aliphatic rings. The molecular weight excluding hydrogens is 398 g/mol. The second-order valence-corrected chi connectivity index (χ2v) is 7.58. The van der Waals surface area contributed by atoms with Gasteiger partial charge in [-0.25, -0.2) is 0 Å². The molecular formula is C25H28ClNO3. The highest BCUT2D eigenvalue weighted by atomic mass is 35.5. The molecule has 0 unspecified atom stereocenters. The zero-order valence-electron chi connectivity index (χ0n) is 17.4. The molecule has 2 N–H and O–H groups in total. The molecule has 0 aromatic heterocycles. The fourth-order valence-electron chi connectivity index (χ4n) is 3.11. The van der Waals surface area contributed by atoms with Crippen molar-refractivity contribution in [1.29, 1.82) is 0 Å². The Balaban J connectivity index is 1.64. The molecule has 5 heteroatoms. The third-order valence-electron chi connectivity index (χ3n) is 4.72. The van der Waals surface area contributed by atoms with Gasteiger partial charge in [0.25, 0.3) is 0 Å². The predicted octanol–water partition coefficient (Wildman–Crippen LogP) is 5.45. The van der Waals surface area contributed by atoms with Gasteiger partial charge in [-0.2, -0.15) is 0 Å². The Morgan fingerprint density at radius 1 is 0.967 bits per heavy atom. The lowest BCUT2D eigenvalue weighted by atomic mass is 10.1. The average molecular weight is 426 g/mol. The number of aryl methyl sites for hydroxylation is 1. The van der Waals surface area contributed by atoms with Crippen LogP contribution in [0.25, 0.3) is 0 Å². The first-order valence-corrected chi connectivity index (χ1v) is 10.5. The molecule has 3 rings (SSSR count). The average Bonchev–Trinajstić information content (AvgIpc) is 2.75. The Kier molecular flexibility index (Phi) is 8.14. The number of rotatable bonds is 10. The van der Waals surface area contributed by atoms with Crippen molar-refractivity contribution in [2.24, 2.45) is 0 Å². The summed E-state index contributed by atoms with van der Waals surface area (Å²) in [6, 6.07) is 21.6. The molecule has 0 amide bonds. The number of nitrogens with one attached hydrogen (secondary N) is 1. The van der Waals surface area contributed by atoms with Crippen molar-refractivity contribution in [3.8, 4) is 11.5 Å². The Bertz CT molecular complexity index is 929. The van der Waals surface area contributed by atoms with Crippen molar-refractivity contribution in [2.45, 2.75) is 33.1 Å². The Labute approximate surface area is 183 Å². The Hall–Kier alpha value is -2.53. The van der Waals surface area contributed by atoms with Crippen molar-refractivity contribution >= 4 is 11.6 Å². The molecule has 30 heavy (non-hydrogen) atoms. The van der Waals surface area contributed by atoms with Gasteiger partial charge in [0.15, 0.2) is 11.5 Å². The van der Waals surface area contributed by atoms with E-state index in [1.165, 1.54) is 5.56 Å². The zero-order chi connectivity index (χ0) is 21.3. The zero-order valence-corrected chi connectivity index (χ0v) is 18.2. The summed E-state index contributed by atoms with van der Waals surface area (Å²) in [5.74, 6) is 1.17. The Morgan fingerprint density at radius 3 is 2.40 bits per heavy atom. The van der Waals surface area contributed by atoms with E-state index in [1.54, 1.807) is 0 Å². The molecule has 0 saturated heterocycles. The van der Waals surface area contributed by atoms with Crippen LogP contribution in [0.4, 0.5) is 0 Å². The minimum atomic E-state index is -0.565. The van der Waals surface area contributed by atoms with Gasteiger partial charge in [0, 0.05) is 13.1 Å². The first-order chi connectivity index (χ1) is 14.6. The third-order valence-corrected chi connectivity index (χ3v) is 5.00. The maximum atomic E-state index is 10.3. The highest BCUT2D eigenvalue weighted by Crippen LogP contribution is 2.37. The monoisotopic (exact) mass is 425 g/mol. The molecule has 0 aliphatic carbocycles. The van der Waals surface area contributed by atoms with Crippen molar-refractivity contribution in [2.75, 3.05) is 13.2 Å². The molecule has 4 nitrogen and oxygen atoms in total. The topological polar surface area (TPSA) is 50.7 Å². The highest BCUT2D eigenvalue weighted by Gasteiger charge is 2.14. The number of hydrogen-bond donors (Lipinski definition) is 2. The van der Waals surface area contributed by atoms with Crippen LogP contribution in [0.2, 0.25) is 5.02 Å². The van der Waals surface area contributed by atoms with Gasteiger partial charge in [-0.1, -0.05) is 71.8 Å². The first kappa shape index (κ1) is 22.2. The van der Waals surface area contributed by atoms with E-state index in [9.17, 15) is 5.11 Å². The molecule has 158 valence electrons. The van der Waals surface area contributed by atoms with Crippen molar-refractivity contribution in [3.63, 3.8) is 0 Å². The quantitative estimate of drug-likeness (QED) is 0.453. The summed E-state index contributed by atoms with van der Waals surface area (Å²) < 4.78 is 11.8. The molecule has 0 fully saturated rings. The molecule has 0 heterocycles. The van der Waals surface area contributed by atoms with Gasteiger partial charge in [-0.05, 0) is 42.7 Å². The smallest absolute Gasteiger partial charge is 0.180 e. The lowest BCUT2D eigenvalue weighted by molar-refractivity contribution is 0.174. The maximum absolute atomic E-state index is 10.3. The second kappa shape index (κ2) is 11.0. The summed E-state index contributed by atoms with van der Waals surface area (Å²) in [6.45, 7) is 5.92. The largest absolute Gasteiger partial charge is 0.490 e. The van der Waals surface area contributed by atoms with Gasteiger partial charge in [-0.15, -0.1) is 0 Å². The first-order valence-electron chi connectivity index (χ1n) is 10.1. The fourth-order valence-corrected chi connectivity index (χ4v) is 3.40. The molecule has 0 aliphatic heterocycles. The molecule has 0 bridgehead atoms. The SMILES string of the molecule is CCOc1cc(CNC[C@H](O)c2ccccc2)cc(Cl)c1OCc1ccc(C)cc1. The number of aliphatic hydroxyl groups excluding tert-OH is 1. The van der Waals surface area contributed by atoms with Crippen molar-refractivity contribution in [3.05, 3.63) is 94.0 Å². The van der Waals surface area contributed by atoms with Gasteiger partial charge < -0.3 is 19.9 Å². The van der Waals surface area contributed by atoms with E-state index in [4.69, 9.17) is 21.1 Å². The van der Waals surface area contributed by atoms with Gasteiger partial charge in [0.1, 0.15) is 6.61 Å². The van der Waals surface area contributed by atoms with E-state index >= 15 is 0 Å². The summed E-state index contributed by atoms with van der Waals surface area (Å²) in [7, 11) is 0. The van der Waals surface area contributed by atoms with E-state index in [0.717, 1.165) is 16.7 Å². The number of ether oxygens (including phenoxy) is 2. The summed E-state index contributed by atoms with van der Waals surface area (Å²) >= 11 is 6.52. The van der Waals surface area contributed by atoms with Crippen LogP contribution in [0.3, 0.4) is 0 Å². The second-order valence-electron chi connectivity index (χ2n) is 7.17. The van der Waals surface area contributed by atoms with Gasteiger partial charge in [0.05, 0.1) is 17.7 Å². The lowest BCUT2D eigenvalue weighted by Gasteiger charge is -2.16. The summed E-state index contributed by atoms with van der Waals surface area (Å²) in [5.41, 5.74) is 4.13. The molecule has 1 atom stereocenters. The van der Waals surface area contributed by atoms with Crippen LogP contribution in [-0.4, -0.2) is 18.3 Å². The van der Waals surface area contributed by atoms with E-state index in [-0.39, 0.29) is 0 Å².